The normalized spacial score (nSPS) is 26.1. The van der Waals surface area contributed by atoms with Gasteiger partial charge < -0.3 is 15.5 Å². The Balaban J connectivity index is 1.75. The van der Waals surface area contributed by atoms with Gasteiger partial charge in [-0.15, -0.1) is 0 Å². The van der Waals surface area contributed by atoms with Crippen molar-refractivity contribution in [1.29, 1.82) is 0 Å². The third kappa shape index (κ3) is 1.51. The molecule has 0 spiro atoms. The Labute approximate surface area is 118 Å². The van der Waals surface area contributed by atoms with Gasteiger partial charge in [0.1, 0.15) is 5.75 Å². The van der Waals surface area contributed by atoms with E-state index in [1.165, 1.54) is 11.1 Å². The number of H-pyrrole nitrogens is 1. The molecule has 1 saturated carbocycles. The third-order valence-electron chi connectivity index (χ3n) is 4.89. The zero-order valence-corrected chi connectivity index (χ0v) is 11.8. The summed E-state index contributed by atoms with van der Waals surface area (Å²) in [6, 6.07) is 6.43. The van der Waals surface area contributed by atoms with E-state index in [2.05, 4.69) is 42.0 Å². The molecule has 104 valence electrons. The van der Waals surface area contributed by atoms with Crippen molar-refractivity contribution in [2.75, 3.05) is 12.3 Å². The summed E-state index contributed by atoms with van der Waals surface area (Å²) in [5.74, 6) is 2.54. The number of hydrogen-bond acceptors (Lipinski definition) is 3. The predicted molar refractivity (Wildman–Crippen MR) is 77.9 cm³/mol. The molecule has 4 heteroatoms. The second kappa shape index (κ2) is 3.78. The van der Waals surface area contributed by atoms with Gasteiger partial charge in [0.15, 0.2) is 5.95 Å². The highest BCUT2D eigenvalue weighted by atomic mass is 16.5. The van der Waals surface area contributed by atoms with Crippen LogP contribution in [0.4, 0.5) is 5.95 Å². The van der Waals surface area contributed by atoms with E-state index in [0.717, 1.165) is 24.5 Å². The molecule has 1 aliphatic heterocycles. The van der Waals surface area contributed by atoms with Crippen LogP contribution in [0, 0.1) is 5.41 Å². The van der Waals surface area contributed by atoms with Crippen LogP contribution in [0.15, 0.2) is 24.4 Å². The van der Waals surface area contributed by atoms with Gasteiger partial charge in [0.2, 0.25) is 0 Å². The maximum Gasteiger partial charge on any atom is 0.197 e. The van der Waals surface area contributed by atoms with Crippen LogP contribution in [0.1, 0.15) is 42.5 Å². The number of hydrogen-bond donors (Lipinski definition) is 2. The molecule has 1 aliphatic carbocycles. The van der Waals surface area contributed by atoms with Crippen molar-refractivity contribution in [1.82, 2.24) is 9.97 Å². The summed E-state index contributed by atoms with van der Waals surface area (Å²) in [7, 11) is 0. The van der Waals surface area contributed by atoms with Gasteiger partial charge >= 0.3 is 0 Å². The quantitative estimate of drug-likeness (QED) is 0.881. The average Bonchev–Trinajstić information content (AvgIpc) is 2.83. The second-order valence-electron chi connectivity index (χ2n) is 6.42. The maximum atomic E-state index is 5.72. The molecule has 1 unspecified atom stereocenters. The standard InChI is InChI=1S/C16H19N3O/c1-16(2)13(14(16)11-8-18-15(17)19-11)10-4-3-5-12-9(10)6-7-20-12/h3-5,8,13-14H,6-7H2,1-2H3,(H3,17,18,19)/t13?,14-/m0/s1. The van der Waals surface area contributed by atoms with Crippen LogP contribution >= 0.6 is 0 Å². The Kier molecular flexibility index (Phi) is 2.23. The Bertz CT molecular complexity index is 674. The van der Waals surface area contributed by atoms with Gasteiger partial charge in [-0.2, -0.15) is 0 Å². The second-order valence-corrected chi connectivity index (χ2v) is 6.42. The first kappa shape index (κ1) is 11.8. The molecular formula is C16H19N3O. The number of rotatable bonds is 2. The number of nitrogens with two attached hydrogens (primary N) is 1. The number of nitrogens with one attached hydrogen (secondary N) is 1. The Morgan fingerprint density at radius 1 is 1.35 bits per heavy atom. The topological polar surface area (TPSA) is 63.9 Å². The van der Waals surface area contributed by atoms with Crippen LogP contribution in [0.3, 0.4) is 0 Å². The Morgan fingerprint density at radius 3 is 2.95 bits per heavy atom. The van der Waals surface area contributed by atoms with Gasteiger partial charge in [-0.05, 0) is 23.0 Å². The first-order valence-corrected chi connectivity index (χ1v) is 7.14. The first-order chi connectivity index (χ1) is 9.59. The molecule has 20 heavy (non-hydrogen) atoms. The van der Waals surface area contributed by atoms with Gasteiger partial charge in [-0.25, -0.2) is 4.98 Å². The van der Waals surface area contributed by atoms with Crippen LogP contribution in [0.2, 0.25) is 0 Å². The number of aromatic amines is 1. The van der Waals surface area contributed by atoms with Gasteiger partial charge in [-0.3, -0.25) is 0 Å². The van der Waals surface area contributed by atoms with E-state index in [4.69, 9.17) is 10.5 Å². The summed E-state index contributed by atoms with van der Waals surface area (Å²) >= 11 is 0. The van der Waals surface area contributed by atoms with Gasteiger partial charge in [-0.1, -0.05) is 26.0 Å². The maximum absolute atomic E-state index is 5.72. The molecule has 0 saturated heterocycles. The lowest BCUT2D eigenvalue weighted by atomic mass is 9.96. The molecule has 0 radical (unpaired) electrons. The van der Waals surface area contributed by atoms with E-state index < -0.39 is 0 Å². The monoisotopic (exact) mass is 269 g/mol. The van der Waals surface area contributed by atoms with E-state index in [1.54, 1.807) is 0 Å². The number of benzene rings is 1. The molecule has 3 N–H and O–H groups in total. The van der Waals surface area contributed by atoms with Crippen molar-refractivity contribution in [3.05, 3.63) is 41.2 Å². The van der Waals surface area contributed by atoms with E-state index in [9.17, 15) is 0 Å². The minimum absolute atomic E-state index is 0.233. The fourth-order valence-corrected chi connectivity index (χ4v) is 3.85. The molecule has 2 aromatic rings. The number of aromatic nitrogens is 2. The van der Waals surface area contributed by atoms with Gasteiger partial charge in [0.25, 0.3) is 0 Å². The first-order valence-electron chi connectivity index (χ1n) is 7.14. The summed E-state index contributed by atoms with van der Waals surface area (Å²) in [6.45, 7) is 5.43. The lowest BCUT2D eigenvalue weighted by molar-refractivity contribution is 0.357. The minimum Gasteiger partial charge on any atom is -0.493 e. The van der Waals surface area contributed by atoms with Gasteiger partial charge in [0.05, 0.1) is 12.8 Å². The van der Waals surface area contributed by atoms with E-state index in [0.29, 0.717) is 17.8 Å². The third-order valence-corrected chi connectivity index (χ3v) is 4.89. The zero-order valence-electron chi connectivity index (χ0n) is 11.8. The van der Waals surface area contributed by atoms with E-state index in [-0.39, 0.29) is 5.41 Å². The van der Waals surface area contributed by atoms with Crippen molar-refractivity contribution < 1.29 is 4.74 Å². The molecule has 0 amide bonds. The van der Waals surface area contributed by atoms with Crippen LogP contribution in [0.5, 0.6) is 5.75 Å². The van der Waals surface area contributed by atoms with Crippen LogP contribution in [0.25, 0.3) is 0 Å². The minimum atomic E-state index is 0.233. The number of fused-ring (bicyclic) bond motifs is 1. The van der Waals surface area contributed by atoms with E-state index >= 15 is 0 Å². The Hall–Kier alpha value is -1.97. The summed E-state index contributed by atoms with van der Waals surface area (Å²) in [6.07, 6.45) is 2.90. The summed E-state index contributed by atoms with van der Waals surface area (Å²) in [4.78, 5) is 7.34. The van der Waals surface area contributed by atoms with E-state index in [1.807, 2.05) is 6.20 Å². The SMILES string of the molecule is CC1(C)C(c2cccc3c2CCO3)[C@@H]1c1cnc(N)[nH]1. The highest BCUT2D eigenvalue weighted by molar-refractivity contribution is 5.51. The number of ether oxygens (including phenoxy) is 1. The number of anilines is 1. The largest absolute Gasteiger partial charge is 0.493 e. The highest BCUT2D eigenvalue weighted by Crippen LogP contribution is 2.70. The average molecular weight is 269 g/mol. The van der Waals surface area contributed by atoms with Crippen molar-refractivity contribution in [3.63, 3.8) is 0 Å². The molecule has 2 aliphatic rings. The molecule has 4 nitrogen and oxygen atoms in total. The predicted octanol–water partition coefficient (Wildman–Crippen LogP) is 2.83. The van der Waals surface area contributed by atoms with Crippen LogP contribution < -0.4 is 10.5 Å². The molecule has 2 heterocycles. The lowest BCUT2D eigenvalue weighted by Crippen LogP contribution is -1.94. The number of imidazole rings is 1. The van der Waals surface area contributed by atoms with Gasteiger partial charge in [0, 0.05) is 23.6 Å². The van der Waals surface area contributed by atoms with Crippen molar-refractivity contribution in [3.8, 4) is 5.75 Å². The fourth-order valence-electron chi connectivity index (χ4n) is 3.85. The summed E-state index contributed by atoms with van der Waals surface area (Å²) in [5.41, 5.74) is 9.92. The zero-order chi connectivity index (χ0) is 13.9. The molecule has 1 aromatic heterocycles. The number of nitrogen functional groups attached to an aromatic ring is 1. The van der Waals surface area contributed by atoms with Crippen molar-refractivity contribution in [2.24, 2.45) is 5.41 Å². The van der Waals surface area contributed by atoms with Crippen molar-refractivity contribution >= 4 is 5.95 Å². The summed E-state index contributed by atoms with van der Waals surface area (Å²) in [5, 5.41) is 0. The molecule has 4 rings (SSSR count). The lowest BCUT2D eigenvalue weighted by Gasteiger charge is -2.08. The molecule has 2 atom stereocenters. The molecule has 0 bridgehead atoms. The van der Waals surface area contributed by atoms with Crippen LogP contribution in [-0.4, -0.2) is 16.6 Å². The molecule has 1 aromatic carbocycles. The number of nitrogens with zero attached hydrogens (tertiary/aromatic N) is 1. The summed E-state index contributed by atoms with van der Waals surface area (Å²) < 4.78 is 5.69. The highest BCUT2D eigenvalue weighted by Gasteiger charge is 2.60. The molecule has 1 fully saturated rings. The smallest absolute Gasteiger partial charge is 0.197 e. The van der Waals surface area contributed by atoms with Crippen LogP contribution in [-0.2, 0) is 6.42 Å². The Morgan fingerprint density at radius 2 is 2.20 bits per heavy atom. The fraction of sp³-hybridized carbons (Fsp3) is 0.438. The molecular weight excluding hydrogens is 250 g/mol. The van der Waals surface area contributed by atoms with Crippen molar-refractivity contribution in [2.45, 2.75) is 32.1 Å².